The lowest BCUT2D eigenvalue weighted by Gasteiger charge is -2.31. The van der Waals surface area contributed by atoms with Gasteiger partial charge in [-0.3, -0.25) is 9.10 Å². The molecule has 1 unspecified atom stereocenters. The molecule has 29 heavy (non-hydrogen) atoms. The Balaban J connectivity index is 1.51. The minimum absolute atomic E-state index is 0.00244. The Morgan fingerprint density at radius 3 is 2.24 bits per heavy atom. The summed E-state index contributed by atoms with van der Waals surface area (Å²) in [7, 11) is -3.21. The highest BCUT2D eigenvalue weighted by atomic mass is 32.2. The van der Waals surface area contributed by atoms with Crippen molar-refractivity contribution < 1.29 is 13.2 Å². The van der Waals surface area contributed by atoms with E-state index >= 15 is 0 Å². The molecule has 1 heterocycles. The summed E-state index contributed by atoms with van der Waals surface area (Å²) in [6.07, 6.45) is 6.60. The van der Waals surface area contributed by atoms with Gasteiger partial charge in [0.15, 0.2) is 0 Å². The number of hydrogen-bond donors (Lipinski definition) is 1. The highest BCUT2D eigenvalue weighted by Gasteiger charge is 2.29. The molecule has 1 saturated carbocycles. The van der Waals surface area contributed by atoms with Crippen LogP contribution in [0.5, 0.6) is 0 Å². The zero-order chi connectivity index (χ0) is 20.3. The number of nitrogens with zero attached hydrogens (tertiary/aromatic N) is 1. The monoisotopic (exact) mass is 412 g/mol. The molecule has 2 aromatic carbocycles. The number of carbonyl (C=O) groups excluding carboxylic acids is 1. The van der Waals surface area contributed by atoms with E-state index in [1.807, 2.05) is 18.2 Å². The lowest BCUT2D eigenvalue weighted by molar-refractivity contribution is 0.0912. The number of rotatable bonds is 5. The van der Waals surface area contributed by atoms with Crippen LogP contribution in [0, 0.1) is 5.92 Å². The Bertz CT molecular complexity index is 936. The largest absolute Gasteiger partial charge is 0.345 e. The second-order valence-corrected chi connectivity index (χ2v) is 10.1. The van der Waals surface area contributed by atoms with Crippen LogP contribution in [0.2, 0.25) is 0 Å². The standard InChI is InChI=1S/C23H28N2O3S/c26-23(20-12-14-21(15-13-20)25-16-7-17-29(25,27)28)24-22(18-8-3-1-4-9-18)19-10-5-2-6-11-19/h1,3-4,8-9,12-15,19,22H,2,5-7,10-11,16-17H2,(H,24,26). The predicted molar refractivity (Wildman–Crippen MR) is 115 cm³/mol. The first-order valence-electron chi connectivity index (χ1n) is 10.5. The molecule has 2 aromatic rings. The number of amides is 1. The number of benzene rings is 2. The lowest BCUT2D eigenvalue weighted by Crippen LogP contribution is -2.34. The summed E-state index contributed by atoms with van der Waals surface area (Å²) in [6, 6.07) is 17.1. The van der Waals surface area contributed by atoms with Crippen LogP contribution >= 0.6 is 0 Å². The van der Waals surface area contributed by atoms with E-state index in [4.69, 9.17) is 0 Å². The van der Waals surface area contributed by atoms with E-state index in [9.17, 15) is 13.2 Å². The maximum atomic E-state index is 13.0. The van der Waals surface area contributed by atoms with Crippen LogP contribution in [0.1, 0.15) is 60.5 Å². The number of nitrogens with one attached hydrogen (secondary N) is 1. The zero-order valence-corrected chi connectivity index (χ0v) is 17.4. The fraction of sp³-hybridized carbons (Fsp3) is 0.435. The van der Waals surface area contributed by atoms with Gasteiger partial charge in [0.1, 0.15) is 0 Å². The normalized spacial score (nSPS) is 20.3. The Kier molecular flexibility index (Phi) is 5.90. The summed E-state index contributed by atoms with van der Waals surface area (Å²) in [5.74, 6) is 0.527. The topological polar surface area (TPSA) is 66.5 Å². The van der Waals surface area contributed by atoms with Crippen LogP contribution in [0.3, 0.4) is 0 Å². The smallest absolute Gasteiger partial charge is 0.251 e. The van der Waals surface area contributed by atoms with Gasteiger partial charge in [0, 0.05) is 12.1 Å². The summed E-state index contributed by atoms with van der Waals surface area (Å²) in [5.41, 5.74) is 2.33. The van der Waals surface area contributed by atoms with Crippen molar-refractivity contribution in [3.05, 3.63) is 65.7 Å². The van der Waals surface area contributed by atoms with Crippen molar-refractivity contribution in [3.8, 4) is 0 Å². The molecule has 0 spiro atoms. The number of sulfonamides is 1. The van der Waals surface area contributed by atoms with E-state index in [1.165, 1.54) is 23.6 Å². The second kappa shape index (κ2) is 8.57. The average Bonchev–Trinajstić information content (AvgIpc) is 3.12. The molecule has 5 nitrogen and oxygen atoms in total. The molecule has 0 aromatic heterocycles. The minimum Gasteiger partial charge on any atom is -0.345 e. The van der Waals surface area contributed by atoms with E-state index in [-0.39, 0.29) is 17.7 Å². The van der Waals surface area contributed by atoms with Crippen LogP contribution in [0.25, 0.3) is 0 Å². The zero-order valence-electron chi connectivity index (χ0n) is 16.6. The summed E-state index contributed by atoms with van der Waals surface area (Å²) in [6.45, 7) is 0.506. The van der Waals surface area contributed by atoms with Crippen LogP contribution in [0.4, 0.5) is 5.69 Å². The second-order valence-electron chi connectivity index (χ2n) is 8.05. The molecule has 154 valence electrons. The van der Waals surface area contributed by atoms with Crippen molar-refractivity contribution in [1.82, 2.24) is 5.32 Å². The van der Waals surface area contributed by atoms with E-state index in [1.54, 1.807) is 24.3 Å². The van der Waals surface area contributed by atoms with E-state index in [0.29, 0.717) is 30.1 Å². The van der Waals surface area contributed by atoms with Gasteiger partial charge in [0.2, 0.25) is 10.0 Å². The summed E-state index contributed by atoms with van der Waals surface area (Å²) >= 11 is 0. The minimum atomic E-state index is -3.21. The molecular weight excluding hydrogens is 384 g/mol. The van der Waals surface area contributed by atoms with Crippen molar-refractivity contribution in [2.75, 3.05) is 16.6 Å². The molecule has 1 amide bonds. The van der Waals surface area contributed by atoms with Crippen molar-refractivity contribution in [3.63, 3.8) is 0 Å². The maximum absolute atomic E-state index is 13.0. The number of anilines is 1. The van der Waals surface area contributed by atoms with Gasteiger partial charge in [-0.25, -0.2) is 8.42 Å². The van der Waals surface area contributed by atoms with Gasteiger partial charge in [-0.05, 0) is 55.0 Å². The van der Waals surface area contributed by atoms with Crippen molar-refractivity contribution in [2.24, 2.45) is 5.92 Å². The highest BCUT2D eigenvalue weighted by Crippen LogP contribution is 2.34. The van der Waals surface area contributed by atoms with Crippen molar-refractivity contribution in [2.45, 2.75) is 44.6 Å². The van der Waals surface area contributed by atoms with Crippen molar-refractivity contribution >= 4 is 21.6 Å². The summed E-state index contributed by atoms with van der Waals surface area (Å²) in [5, 5.41) is 3.25. The quantitative estimate of drug-likeness (QED) is 0.797. The first kappa shape index (κ1) is 20.0. The van der Waals surface area contributed by atoms with Crippen LogP contribution < -0.4 is 9.62 Å². The first-order valence-corrected chi connectivity index (χ1v) is 12.1. The van der Waals surface area contributed by atoms with Gasteiger partial charge in [0.05, 0.1) is 17.5 Å². The first-order chi connectivity index (χ1) is 14.0. The Labute approximate surface area is 173 Å². The molecule has 1 aliphatic carbocycles. The number of hydrogen-bond acceptors (Lipinski definition) is 3. The van der Waals surface area contributed by atoms with E-state index < -0.39 is 10.0 Å². The predicted octanol–water partition coefficient (Wildman–Crippen LogP) is 4.28. The molecule has 4 rings (SSSR count). The Morgan fingerprint density at radius 1 is 0.931 bits per heavy atom. The third-order valence-corrected chi connectivity index (χ3v) is 7.95. The maximum Gasteiger partial charge on any atom is 0.251 e. The van der Waals surface area contributed by atoms with E-state index in [2.05, 4.69) is 17.4 Å². The van der Waals surface area contributed by atoms with Gasteiger partial charge >= 0.3 is 0 Å². The summed E-state index contributed by atoms with van der Waals surface area (Å²) in [4.78, 5) is 13.0. The molecular formula is C23H28N2O3S. The van der Waals surface area contributed by atoms with Gasteiger partial charge in [0.25, 0.3) is 5.91 Å². The third-order valence-electron chi connectivity index (χ3n) is 6.08. The Morgan fingerprint density at radius 2 is 1.62 bits per heavy atom. The SMILES string of the molecule is O=C(NC(c1ccccc1)C1CCCCC1)c1ccc(N2CCCS2(=O)=O)cc1. The van der Waals surface area contributed by atoms with Gasteiger partial charge in [-0.1, -0.05) is 49.6 Å². The van der Waals surface area contributed by atoms with Crippen LogP contribution in [-0.2, 0) is 10.0 Å². The Hall–Kier alpha value is -2.34. The molecule has 1 atom stereocenters. The van der Waals surface area contributed by atoms with Crippen LogP contribution in [-0.4, -0.2) is 26.6 Å². The lowest BCUT2D eigenvalue weighted by atomic mass is 9.81. The number of carbonyl (C=O) groups is 1. The van der Waals surface area contributed by atoms with Gasteiger partial charge < -0.3 is 5.32 Å². The van der Waals surface area contributed by atoms with Crippen molar-refractivity contribution in [1.29, 1.82) is 0 Å². The highest BCUT2D eigenvalue weighted by molar-refractivity contribution is 7.93. The fourth-order valence-electron chi connectivity index (χ4n) is 4.53. The molecule has 2 fully saturated rings. The molecule has 2 aliphatic rings. The van der Waals surface area contributed by atoms with Crippen LogP contribution in [0.15, 0.2) is 54.6 Å². The molecule has 6 heteroatoms. The molecule has 1 aliphatic heterocycles. The van der Waals surface area contributed by atoms with E-state index in [0.717, 1.165) is 18.4 Å². The van der Waals surface area contributed by atoms with Gasteiger partial charge in [-0.2, -0.15) is 0 Å². The average molecular weight is 413 g/mol. The molecule has 0 bridgehead atoms. The molecule has 0 radical (unpaired) electrons. The third kappa shape index (κ3) is 4.47. The fourth-order valence-corrected chi connectivity index (χ4v) is 6.10. The molecule has 1 saturated heterocycles. The van der Waals surface area contributed by atoms with Gasteiger partial charge in [-0.15, -0.1) is 0 Å². The molecule has 1 N–H and O–H groups in total. The summed E-state index contributed by atoms with van der Waals surface area (Å²) < 4.78 is 25.6.